The van der Waals surface area contributed by atoms with Crippen LogP contribution >= 0.6 is 0 Å². The summed E-state index contributed by atoms with van der Waals surface area (Å²) in [4.78, 5) is 11.7. The molecule has 2 N–H and O–H groups in total. The van der Waals surface area contributed by atoms with Gasteiger partial charge in [-0.1, -0.05) is 10.8 Å². The molecule has 0 atom stereocenters. The summed E-state index contributed by atoms with van der Waals surface area (Å²) in [5.74, 6) is 0.781. The van der Waals surface area contributed by atoms with Gasteiger partial charge in [0.05, 0.1) is 0 Å². The van der Waals surface area contributed by atoms with Crippen LogP contribution in [-0.2, 0) is 11.2 Å². The Morgan fingerprint density at radius 1 is 1.44 bits per heavy atom. The van der Waals surface area contributed by atoms with Gasteiger partial charge < -0.3 is 5.32 Å². The fourth-order valence-electron chi connectivity index (χ4n) is 2.22. The monoisotopic (exact) mass is 247 g/mol. The molecule has 0 saturated heterocycles. The molecule has 1 amide bonds. The highest BCUT2D eigenvalue weighted by atomic mass is 16.1. The molecule has 1 aromatic heterocycles. The van der Waals surface area contributed by atoms with Gasteiger partial charge in [-0.3, -0.25) is 4.79 Å². The third kappa shape index (κ3) is 2.57. The van der Waals surface area contributed by atoms with Gasteiger partial charge in [-0.05, 0) is 37.5 Å². The molecule has 0 spiro atoms. The molecule has 96 valence electrons. The SMILES string of the molecule is O=C(C=C1CCC1)NCC1(Cc2nn[nH]n2)CC1. The predicted octanol–water partition coefficient (Wildman–Crippen LogP) is 0.749. The van der Waals surface area contributed by atoms with Crippen molar-refractivity contribution < 1.29 is 4.79 Å². The topological polar surface area (TPSA) is 83.6 Å². The van der Waals surface area contributed by atoms with Crippen LogP contribution in [0.15, 0.2) is 11.6 Å². The number of carbonyl (C=O) groups is 1. The number of aromatic amines is 1. The number of allylic oxidation sites excluding steroid dienone is 1. The minimum atomic E-state index is 0.0455. The molecule has 2 aliphatic carbocycles. The number of amides is 1. The molecule has 3 rings (SSSR count). The van der Waals surface area contributed by atoms with E-state index in [1.165, 1.54) is 12.0 Å². The number of carbonyl (C=O) groups excluding carboxylic acids is 1. The second-order valence-electron chi connectivity index (χ2n) is 5.38. The summed E-state index contributed by atoms with van der Waals surface area (Å²) in [6, 6.07) is 0. The van der Waals surface area contributed by atoms with E-state index >= 15 is 0 Å². The first kappa shape index (κ1) is 11.4. The lowest BCUT2D eigenvalue weighted by atomic mass is 9.92. The van der Waals surface area contributed by atoms with Gasteiger partial charge in [0, 0.05) is 19.0 Å². The first-order valence-electron chi connectivity index (χ1n) is 6.45. The van der Waals surface area contributed by atoms with Crippen molar-refractivity contribution >= 4 is 5.91 Å². The highest BCUT2D eigenvalue weighted by Crippen LogP contribution is 2.47. The molecular weight excluding hydrogens is 230 g/mol. The zero-order chi connectivity index (χ0) is 12.4. The smallest absolute Gasteiger partial charge is 0.243 e. The van der Waals surface area contributed by atoms with E-state index < -0.39 is 0 Å². The zero-order valence-corrected chi connectivity index (χ0v) is 10.3. The molecule has 1 heterocycles. The maximum atomic E-state index is 11.7. The minimum Gasteiger partial charge on any atom is -0.352 e. The number of H-pyrrole nitrogens is 1. The Labute approximate surface area is 105 Å². The van der Waals surface area contributed by atoms with Crippen LogP contribution in [0.3, 0.4) is 0 Å². The second kappa shape index (κ2) is 4.51. The highest BCUT2D eigenvalue weighted by molar-refractivity contribution is 5.88. The largest absolute Gasteiger partial charge is 0.352 e. The van der Waals surface area contributed by atoms with Crippen molar-refractivity contribution in [3.8, 4) is 0 Å². The summed E-state index contributed by atoms with van der Waals surface area (Å²) in [5, 5.41) is 16.9. The van der Waals surface area contributed by atoms with Gasteiger partial charge in [0.15, 0.2) is 5.82 Å². The van der Waals surface area contributed by atoms with Gasteiger partial charge in [0.25, 0.3) is 0 Å². The summed E-state index contributed by atoms with van der Waals surface area (Å²) in [6.07, 6.45) is 8.19. The van der Waals surface area contributed by atoms with E-state index in [1.54, 1.807) is 6.08 Å². The number of hydrogen-bond donors (Lipinski definition) is 2. The molecular formula is C12H17N5O. The molecule has 0 aromatic carbocycles. The Morgan fingerprint density at radius 2 is 2.28 bits per heavy atom. The Morgan fingerprint density at radius 3 is 2.83 bits per heavy atom. The van der Waals surface area contributed by atoms with Crippen molar-refractivity contribution in [1.29, 1.82) is 0 Å². The van der Waals surface area contributed by atoms with E-state index in [1.807, 2.05) is 0 Å². The standard InChI is InChI=1S/C12H17N5O/c18-11(6-9-2-1-3-9)13-8-12(4-5-12)7-10-14-16-17-15-10/h6H,1-5,7-8H2,(H,13,18)(H,14,15,16,17). The number of tetrazole rings is 1. The first-order valence-corrected chi connectivity index (χ1v) is 6.45. The number of nitrogens with one attached hydrogen (secondary N) is 2. The molecule has 6 nitrogen and oxygen atoms in total. The van der Waals surface area contributed by atoms with E-state index in [0.717, 1.165) is 37.9 Å². The molecule has 0 radical (unpaired) electrons. The maximum absolute atomic E-state index is 11.7. The Balaban J connectivity index is 1.49. The van der Waals surface area contributed by atoms with Gasteiger partial charge in [-0.15, -0.1) is 10.2 Å². The van der Waals surface area contributed by atoms with Crippen LogP contribution in [0.5, 0.6) is 0 Å². The van der Waals surface area contributed by atoms with Crippen molar-refractivity contribution in [1.82, 2.24) is 25.9 Å². The quantitative estimate of drug-likeness (QED) is 0.752. The lowest BCUT2D eigenvalue weighted by Gasteiger charge is -2.17. The fourth-order valence-corrected chi connectivity index (χ4v) is 2.22. The molecule has 2 aliphatic rings. The Kier molecular flexibility index (Phi) is 2.85. The third-order valence-corrected chi connectivity index (χ3v) is 3.85. The molecule has 2 saturated carbocycles. The maximum Gasteiger partial charge on any atom is 0.243 e. The van der Waals surface area contributed by atoms with E-state index in [9.17, 15) is 4.79 Å². The number of aromatic nitrogens is 4. The predicted molar refractivity (Wildman–Crippen MR) is 64.5 cm³/mol. The normalized spacial score (nSPS) is 20.1. The van der Waals surface area contributed by atoms with E-state index in [0.29, 0.717) is 6.54 Å². The van der Waals surface area contributed by atoms with Crippen molar-refractivity contribution in [3.63, 3.8) is 0 Å². The summed E-state index contributed by atoms with van der Waals surface area (Å²) >= 11 is 0. The molecule has 0 bridgehead atoms. The van der Waals surface area contributed by atoms with Crippen LogP contribution in [-0.4, -0.2) is 33.1 Å². The molecule has 0 aliphatic heterocycles. The van der Waals surface area contributed by atoms with E-state index in [2.05, 4.69) is 25.9 Å². The van der Waals surface area contributed by atoms with Crippen LogP contribution in [0.25, 0.3) is 0 Å². The van der Waals surface area contributed by atoms with Gasteiger partial charge in [0.2, 0.25) is 5.91 Å². The van der Waals surface area contributed by atoms with Gasteiger partial charge >= 0.3 is 0 Å². The minimum absolute atomic E-state index is 0.0455. The average molecular weight is 247 g/mol. The van der Waals surface area contributed by atoms with Crippen molar-refractivity contribution in [3.05, 3.63) is 17.5 Å². The Bertz CT molecular complexity index is 455. The lowest BCUT2D eigenvalue weighted by molar-refractivity contribution is -0.116. The van der Waals surface area contributed by atoms with Crippen LogP contribution in [0, 0.1) is 5.41 Å². The summed E-state index contributed by atoms with van der Waals surface area (Å²) in [7, 11) is 0. The fraction of sp³-hybridized carbons (Fsp3) is 0.667. The van der Waals surface area contributed by atoms with Gasteiger partial charge in [0.1, 0.15) is 0 Å². The van der Waals surface area contributed by atoms with E-state index in [-0.39, 0.29) is 11.3 Å². The molecule has 1 aromatic rings. The second-order valence-corrected chi connectivity index (χ2v) is 5.38. The van der Waals surface area contributed by atoms with Crippen LogP contribution in [0.1, 0.15) is 37.9 Å². The number of hydrogen-bond acceptors (Lipinski definition) is 4. The van der Waals surface area contributed by atoms with Crippen molar-refractivity contribution in [2.45, 2.75) is 38.5 Å². The summed E-state index contributed by atoms with van der Waals surface area (Å²) in [6.45, 7) is 0.712. The highest BCUT2D eigenvalue weighted by Gasteiger charge is 2.43. The van der Waals surface area contributed by atoms with E-state index in [4.69, 9.17) is 0 Å². The molecule has 0 unspecified atom stereocenters. The van der Waals surface area contributed by atoms with Gasteiger partial charge in [-0.25, -0.2) is 0 Å². The number of nitrogens with zero attached hydrogens (tertiary/aromatic N) is 3. The van der Waals surface area contributed by atoms with Crippen LogP contribution < -0.4 is 5.32 Å². The Hall–Kier alpha value is -1.72. The van der Waals surface area contributed by atoms with Crippen LogP contribution in [0.4, 0.5) is 0 Å². The molecule has 6 heteroatoms. The van der Waals surface area contributed by atoms with Gasteiger partial charge in [-0.2, -0.15) is 5.21 Å². The molecule has 18 heavy (non-hydrogen) atoms. The number of rotatable bonds is 5. The third-order valence-electron chi connectivity index (χ3n) is 3.85. The first-order chi connectivity index (χ1) is 8.76. The van der Waals surface area contributed by atoms with Crippen molar-refractivity contribution in [2.24, 2.45) is 5.41 Å². The average Bonchev–Trinajstić information content (AvgIpc) is 2.87. The summed E-state index contributed by atoms with van der Waals surface area (Å²) < 4.78 is 0. The molecule has 2 fully saturated rings. The summed E-state index contributed by atoms with van der Waals surface area (Å²) in [5.41, 5.74) is 1.44. The lowest BCUT2D eigenvalue weighted by Crippen LogP contribution is -2.30. The van der Waals surface area contributed by atoms with Crippen molar-refractivity contribution in [2.75, 3.05) is 6.54 Å². The zero-order valence-electron chi connectivity index (χ0n) is 10.3. The van der Waals surface area contributed by atoms with Crippen LogP contribution in [0.2, 0.25) is 0 Å².